The van der Waals surface area contributed by atoms with Crippen molar-refractivity contribution in [3.05, 3.63) is 57.6 Å². The fraction of sp³-hybridized carbons (Fsp3) is 0.294. The van der Waals surface area contributed by atoms with Gasteiger partial charge in [-0.1, -0.05) is 36.2 Å². The number of nitrogens with one attached hydrogen (secondary N) is 1. The van der Waals surface area contributed by atoms with E-state index < -0.39 is 0 Å². The van der Waals surface area contributed by atoms with Crippen LogP contribution in [-0.4, -0.2) is 6.61 Å². The average molecular weight is 324 g/mol. The van der Waals surface area contributed by atoms with E-state index in [2.05, 4.69) is 19.2 Å². The minimum absolute atomic E-state index is 0.626. The average Bonchev–Trinajstić information content (AvgIpc) is 2.45. The lowest BCUT2D eigenvalue weighted by Gasteiger charge is -2.12. The zero-order chi connectivity index (χ0) is 15.2. The van der Waals surface area contributed by atoms with Gasteiger partial charge in [-0.2, -0.15) is 0 Å². The van der Waals surface area contributed by atoms with E-state index in [1.165, 1.54) is 11.1 Å². The Labute approximate surface area is 136 Å². The summed E-state index contributed by atoms with van der Waals surface area (Å²) in [5, 5.41) is 4.75. The Morgan fingerprint density at radius 2 is 1.90 bits per heavy atom. The maximum Gasteiger partial charge on any atom is 0.138 e. The van der Waals surface area contributed by atoms with Crippen molar-refractivity contribution in [1.82, 2.24) is 0 Å². The third kappa shape index (κ3) is 4.55. The van der Waals surface area contributed by atoms with E-state index in [0.717, 1.165) is 29.4 Å². The summed E-state index contributed by atoms with van der Waals surface area (Å²) >= 11 is 12.2. The molecule has 2 aromatic rings. The Kier molecular flexibility index (Phi) is 5.77. The quantitative estimate of drug-likeness (QED) is 0.735. The minimum atomic E-state index is 0.626. The van der Waals surface area contributed by atoms with Crippen molar-refractivity contribution in [3.8, 4) is 5.75 Å². The van der Waals surface area contributed by atoms with E-state index in [1.807, 2.05) is 36.4 Å². The summed E-state index contributed by atoms with van der Waals surface area (Å²) in [6.45, 7) is 5.53. The summed E-state index contributed by atoms with van der Waals surface area (Å²) in [6.07, 6.45) is 0.964. The Bertz CT molecular complexity index is 614. The molecule has 0 heterocycles. The topological polar surface area (TPSA) is 21.3 Å². The lowest BCUT2D eigenvalue weighted by atomic mass is 10.1. The molecule has 0 aliphatic heterocycles. The first-order valence-corrected chi connectivity index (χ1v) is 7.77. The molecule has 4 heteroatoms. The molecule has 0 unspecified atom stereocenters. The van der Waals surface area contributed by atoms with Crippen LogP contribution < -0.4 is 10.1 Å². The van der Waals surface area contributed by atoms with Gasteiger partial charge in [-0.15, -0.1) is 0 Å². The summed E-state index contributed by atoms with van der Waals surface area (Å²) in [7, 11) is 0. The van der Waals surface area contributed by atoms with Crippen molar-refractivity contribution in [2.75, 3.05) is 11.9 Å². The van der Waals surface area contributed by atoms with Crippen molar-refractivity contribution in [2.45, 2.75) is 26.8 Å². The number of aryl methyl sites for hydroxylation is 1. The number of anilines is 1. The molecule has 2 nitrogen and oxygen atoms in total. The molecule has 21 heavy (non-hydrogen) atoms. The second kappa shape index (κ2) is 7.58. The molecule has 2 rings (SSSR count). The molecule has 0 aliphatic rings. The summed E-state index contributed by atoms with van der Waals surface area (Å²) in [6, 6.07) is 11.7. The lowest BCUT2D eigenvalue weighted by molar-refractivity contribution is 0.317. The van der Waals surface area contributed by atoms with Crippen LogP contribution in [0.2, 0.25) is 10.0 Å². The van der Waals surface area contributed by atoms with E-state index in [1.54, 1.807) is 0 Å². The predicted octanol–water partition coefficient (Wildman–Crippen LogP) is 5.70. The zero-order valence-corrected chi connectivity index (χ0v) is 13.8. The highest BCUT2D eigenvalue weighted by Crippen LogP contribution is 2.28. The number of hydrogen-bond donors (Lipinski definition) is 1. The molecule has 0 saturated carbocycles. The number of benzene rings is 2. The Hall–Kier alpha value is -1.38. The van der Waals surface area contributed by atoms with Gasteiger partial charge in [-0.25, -0.2) is 0 Å². The number of hydrogen-bond acceptors (Lipinski definition) is 2. The van der Waals surface area contributed by atoms with Gasteiger partial charge in [0.25, 0.3) is 0 Å². The monoisotopic (exact) mass is 323 g/mol. The van der Waals surface area contributed by atoms with Crippen LogP contribution in [0.3, 0.4) is 0 Å². The van der Waals surface area contributed by atoms with Gasteiger partial charge < -0.3 is 10.1 Å². The highest BCUT2D eigenvalue weighted by molar-refractivity contribution is 6.32. The zero-order valence-electron chi connectivity index (χ0n) is 12.2. The van der Waals surface area contributed by atoms with Gasteiger partial charge in [0.15, 0.2) is 0 Å². The van der Waals surface area contributed by atoms with Gasteiger partial charge in [-0.05, 0) is 54.8 Å². The molecular weight excluding hydrogens is 305 g/mol. The van der Waals surface area contributed by atoms with E-state index >= 15 is 0 Å². The number of halogens is 2. The van der Waals surface area contributed by atoms with Crippen LogP contribution in [0, 0.1) is 6.92 Å². The molecule has 112 valence electrons. The molecule has 0 fully saturated rings. The second-order valence-electron chi connectivity index (χ2n) is 4.92. The molecule has 0 aliphatic carbocycles. The summed E-state index contributed by atoms with van der Waals surface area (Å²) < 4.78 is 5.56. The minimum Gasteiger partial charge on any atom is -0.492 e. The van der Waals surface area contributed by atoms with Crippen molar-refractivity contribution in [2.24, 2.45) is 0 Å². The van der Waals surface area contributed by atoms with Crippen molar-refractivity contribution >= 4 is 28.9 Å². The number of ether oxygens (including phenoxy) is 1. The van der Waals surface area contributed by atoms with Crippen LogP contribution in [0.5, 0.6) is 5.75 Å². The highest BCUT2D eigenvalue weighted by Gasteiger charge is 2.04. The molecule has 2 aromatic carbocycles. The lowest BCUT2D eigenvalue weighted by Crippen LogP contribution is -2.02. The van der Waals surface area contributed by atoms with Crippen LogP contribution in [0.4, 0.5) is 5.69 Å². The Balaban J connectivity index is 2.01. The van der Waals surface area contributed by atoms with Gasteiger partial charge in [0.1, 0.15) is 5.75 Å². The standard InChI is InChI=1S/C17H19Cl2NO/c1-3-8-21-17-7-6-15(10-16(17)19)20-11-13-4-5-14(18)9-12(13)2/h4-7,9-10,20H,3,8,11H2,1-2H3. The maximum atomic E-state index is 6.22. The third-order valence-corrected chi connectivity index (χ3v) is 3.71. The highest BCUT2D eigenvalue weighted by atomic mass is 35.5. The molecule has 0 bridgehead atoms. The summed E-state index contributed by atoms with van der Waals surface area (Å²) in [5.41, 5.74) is 3.35. The van der Waals surface area contributed by atoms with Crippen LogP contribution in [0.25, 0.3) is 0 Å². The second-order valence-corrected chi connectivity index (χ2v) is 5.76. The SMILES string of the molecule is CCCOc1ccc(NCc2ccc(Cl)cc2C)cc1Cl. The fourth-order valence-corrected chi connectivity index (χ4v) is 2.46. The normalized spacial score (nSPS) is 10.5. The van der Waals surface area contributed by atoms with Crippen LogP contribution >= 0.6 is 23.2 Å². The molecule has 0 saturated heterocycles. The molecule has 0 spiro atoms. The Morgan fingerprint density at radius 3 is 2.57 bits per heavy atom. The van der Waals surface area contributed by atoms with Crippen LogP contribution in [0.1, 0.15) is 24.5 Å². The van der Waals surface area contributed by atoms with E-state index in [4.69, 9.17) is 27.9 Å². The molecule has 0 aromatic heterocycles. The van der Waals surface area contributed by atoms with Crippen LogP contribution in [0.15, 0.2) is 36.4 Å². The molecule has 0 amide bonds. The largest absolute Gasteiger partial charge is 0.492 e. The number of rotatable bonds is 6. The van der Waals surface area contributed by atoms with Crippen molar-refractivity contribution in [3.63, 3.8) is 0 Å². The van der Waals surface area contributed by atoms with Crippen LogP contribution in [-0.2, 0) is 6.54 Å². The summed E-state index contributed by atoms with van der Waals surface area (Å²) in [4.78, 5) is 0. The van der Waals surface area contributed by atoms with Crippen molar-refractivity contribution in [1.29, 1.82) is 0 Å². The van der Waals surface area contributed by atoms with E-state index in [-0.39, 0.29) is 0 Å². The van der Waals surface area contributed by atoms with E-state index in [9.17, 15) is 0 Å². The van der Waals surface area contributed by atoms with Gasteiger partial charge in [0, 0.05) is 17.3 Å². The van der Waals surface area contributed by atoms with Gasteiger partial charge in [0.05, 0.1) is 11.6 Å². The van der Waals surface area contributed by atoms with Gasteiger partial charge >= 0.3 is 0 Å². The summed E-state index contributed by atoms with van der Waals surface area (Å²) in [5.74, 6) is 0.728. The van der Waals surface area contributed by atoms with Gasteiger partial charge in [0.2, 0.25) is 0 Å². The fourth-order valence-electron chi connectivity index (χ4n) is 1.99. The maximum absolute atomic E-state index is 6.22. The first-order valence-electron chi connectivity index (χ1n) is 7.01. The predicted molar refractivity (Wildman–Crippen MR) is 90.8 cm³/mol. The molecule has 0 atom stereocenters. The van der Waals surface area contributed by atoms with Crippen molar-refractivity contribution < 1.29 is 4.74 Å². The van der Waals surface area contributed by atoms with E-state index in [0.29, 0.717) is 11.6 Å². The third-order valence-electron chi connectivity index (χ3n) is 3.18. The first kappa shape index (κ1) is 16.0. The molecule has 0 radical (unpaired) electrons. The molecular formula is C17H19Cl2NO. The molecule has 1 N–H and O–H groups in total. The Morgan fingerprint density at radius 1 is 1.10 bits per heavy atom. The first-order chi connectivity index (χ1) is 10.1. The smallest absolute Gasteiger partial charge is 0.138 e. The van der Waals surface area contributed by atoms with Gasteiger partial charge in [-0.3, -0.25) is 0 Å².